The lowest BCUT2D eigenvalue weighted by Crippen LogP contribution is -2.46. The Hall–Kier alpha value is -3.44. The van der Waals surface area contributed by atoms with Crippen LogP contribution in [0.15, 0.2) is 84.9 Å². The minimum atomic E-state index is -0.577. The Bertz CT molecular complexity index is 1170. The second-order valence-corrected chi connectivity index (χ2v) is 11.4. The van der Waals surface area contributed by atoms with Gasteiger partial charge >= 0.3 is 0 Å². The molecule has 1 saturated carbocycles. The summed E-state index contributed by atoms with van der Waals surface area (Å²) in [7, 11) is 0. The number of benzene rings is 3. The lowest BCUT2D eigenvalue weighted by molar-refractivity contribution is -0.123. The molecule has 3 aromatic rings. The highest BCUT2D eigenvalue weighted by Crippen LogP contribution is 2.40. The Morgan fingerprint density at radius 1 is 0.868 bits per heavy atom. The maximum atomic E-state index is 13.1. The molecule has 1 aliphatic carbocycles. The summed E-state index contributed by atoms with van der Waals surface area (Å²) in [5.74, 6) is 0.247. The minimum Gasteiger partial charge on any atom is -0.350 e. The molecule has 1 fully saturated rings. The van der Waals surface area contributed by atoms with Gasteiger partial charge in [-0.2, -0.15) is 0 Å². The van der Waals surface area contributed by atoms with E-state index in [2.05, 4.69) is 67.1 Å². The Morgan fingerprint density at radius 3 is 2.18 bits per heavy atom. The van der Waals surface area contributed by atoms with Gasteiger partial charge in [-0.15, -0.1) is 0 Å². The summed E-state index contributed by atoms with van der Waals surface area (Å²) in [5, 5.41) is 9.66. The molecule has 3 aromatic carbocycles. The molecule has 0 aliphatic heterocycles. The first-order valence-electron chi connectivity index (χ1n) is 13.8. The number of carbonyl (C=O) groups excluding carboxylic acids is 2. The van der Waals surface area contributed by atoms with Crippen LogP contribution >= 0.6 is 0 Å². The fraction of sp³-hybridized carbons (Fsp3) is 0.394. The van der Waals surface area contributed by atoms with Crippen molar-refractivity contribution in [3.05, 3.63) is 107 Å². The van der Waals surface area contributed by atoms with E-state index in [-0.39, 0.29) is 17.2 Å². The zero-order valence-corrected chi connectivity index (χ0v) is 22.9. The van der Waals surface area contributed by atoms with E-state index in [1.807, 2.05) is 54.6 Å². The molecular formula is C33H41N3O2. The zero-order valence-electron chi connectivity index (χ0n) is 22.9. The molecule has 200 valence electrons. The monoisotopic (exact) mass is 511 g/mol. The van der Waals surface area contributed by atoms with Crippen LogP contribution in [0.5, 0.6) is 0 Å². The molecule has 0 saturated heterocycles. The molecule has 1 aliphatic rings. The summed E-state index contributed by atoms with van der Waals surface area (Å²) in [6.07, 6.45) is 3.58. The van der Waals surface area contributed by atoms with E-state index in [1.165, 1.54) is 17.5 Å². The molecule has 0 radical (unpaired) electrons. The van der Waals surface area contributed by atoms with Crippen LogP contribution in [0, 0.1) is 0 Å². The first kappa shape index (κ1) is 27.6. The van der Waals surface area contributed by atoms with Crippen LogP contribution in [0.3, 0.4) is 0 Å². The Balaban J connectivity index is 1.28. The van der Waals surface area contributed by atoms with Crippen molar-refractivity contribution >= 4 is 11.8 Å². The van der Waals surface area contributed by atoms with Gasteiger partial charge < -0.3 is 16.0 Å². The minimum absolute atomic E-state index is 0.0183. The fourth-order valence-corrected chi connectivity index (χ4v) is 4.79. The van der Waals surface area contributed by atoms with Crippen LogP contribution in [0.25, 0.3) is 0 Å². The van der Waals surface area contributed by atoms with E-state index in [0.29, 0.717) is 30.5 Å². The number of rotatable bonds is 12. The largest absolute Gasteiger partial charge is 0.350 e. The number of unbranched alkanes of at least 4 members (excludes halogenated alkanes) is 1. The fourth-order valence-electron chi connectivity index (χ4n) is 4.79. The normalized spacial score (nSPS) is 17.4. The summed E-state index contributed by atoms with van der Waals surface area (Å²) >= 11 is 0. The predicted molar refractivity (Wildman–Crippen MR) is 154 cm³/mol. The van der Waals surface area contributed by atoms with Crippen LogP contribution in [-0.2, 0) is 16.8 Å². The molecule has 0 heterocycles. The van der Waals surface area contributed by atoms with Crippen LogP contribution in [-0.4, -0.2) is 30.4 Å². The predicted octanol–water partition coefficient (Wildman–Crippen LogP) is 5.71. The van der Waals surface area contributed by atoms with Crippen LogP contribution in [0.1, 0.15) is 79.4 Å². The molecule has 0 spiro atoms. The van der Waals surface area contributed by atoms with Crippen molar-refractivity contribution in [2.75, 3.05) is 6.54 Å². The number of carbonyl (C=O) groups is 2. The van der Waals surface area contributed by atoms with E-state index in [9.17, 15) is 9.59 Å². The maximum absolute atomic E-state index is 13.1. The number of hydrogen-bond donors (Lipinski definition) is 3. The quantitative estimate of drug-likeness (QED) is 0.273. The van der Waals surface area contributed by atoms with Gasteiger partial charge in [0, 0.05) is 24.1 Å². The van der Waals surface area contributed by atoms with Gasteiger partial charge in [0.05, 0.1) is 0 Å². The summed E-state index contributed by atoms with van der Waals surface area (Å²) in [4.78, 5) is 26.2. The molecule has 0 unspecified atom stereocenters. The van der Waals surface area contributed by atoms with E-state index < -0.39 is 6.04 Å². The average Bonchev–Trinajstić information content (AvgIpc) is 3.71. The Labute approximate surface area is 227 Å². The van der Waals surface area contributed by atoms with Gasteiger partial charge in [-0.3, -0.25) is 9.59 Å². The second-order valence-electron chi connectivity index (χ2n) is 11.4. The van der Waals surface area contributed by atoms with Crippen molar-refractivity contribution in [1.82, 2.24) is 16.0 Å². The Kier molecular flexibility index (Phi) is 9.35. The van der Waals surface area contributed by atoms with E-state index in [0.717, 1.165) is 24.9 Å². The third-order valence-corrected chi connectivity index (χ3v) is 7.29. The van der Waals surface area contributed by atoms with Crippen molar-refractivity contribution in [2.24, 2.45) is 0 Å². The highest BCUT2D eigenvalue weighted by atomic mass is 16.2. The van der Waals surface area contributed by atoms with Gasteiger partial charge in [0.2, 0.25) is 5.91 Å². The van der Waals surface area contributed by atoms with Crippen molar-refractivity contribution in [2.45, 2.75) is 76.4 Å². The molecule has 0 bridgehead atoms. The molecule has 0 aromatic heterocycles. The first-order valence-corrected chi connectivity index (χ1v) is 13.8. The smallest absolute Gasteiger partial charge is 0.251 e. The lowest BCUT2D eigenvalue weighted by atomic mass is 9.86. The number of hydrogen-bond acceptors (Lipinski definition) is 3. The van der Waals surface area contributed by atoms with Crippen molar-refractivity contribution in [3.8, 4) is 0 Å². The third-order valence-electron chi connectivity index (χ3n) is 7.29. The second kappa shape index (κ2) is 12.9. The molecule has 5 nitrogen and oxygen atoms in total. The standard InChI is InChI=1S/C33H41N3O2/c1-33(2,3)27-19-17-26(18-20-27)31(37)36-29(32(38)35-23-24-12-6-4-7-13-24)16-10-11-21-34-30-22-28(30)25-14-8-5-9-15-25/h4-9,12-15,17-20,28-30,34H,10-11,16,21-23H2,1-3H3,(H,35,38)(H,36,37)/t28-,29+,30+/m1/s1. The summed E-state index contributed by atoms with van der Waals surface area (Å²) in [6.45, 7) is 7.80. The topological polar surface area (TPSA) is 70.2 Å². The van der Waals surface area contributed by atoms with Gasteiger partial charge in [-0.25, -0.2) is 0 Å². The third kappa shape index (κ3) is 8.03. The molecule has 5 heteroatoms. The average molecular weight is 512 g/mol. The molecular weight excluding hydrogens is 470 g/mol. The molecule has 4 rings (SSSR count). The Morgan fingerprint density at radius 2 is 1.53 bits per heavy atom. The van der Waals surface area contributed by atoms with Crippen LogP contribution in [0.2, 0.25) is 0 Å². The summed E-state index contributed by atoms with van der Waals surface area (Å²) in [5.41, 5.74) is 4.19. The number of amides is 2. The van der Waals surface area contributed by atoms with Gasteiger partial charge in [-0.05, 0) is 66.5 Å². The van der Waals surface area contributed by atoms with Gasteiger partial charge in [0.1, 0.15) is 6.04 Å². The van der Waals surface area contributed by atoms with E-state index in [1.54, 1.807) is 0 Å². The van der Waals surface area contributed by atoms with Crippen LogP contribution < -0.4 is 16.0 Å². The number of nitrogens with one attached hydrogen (secondary N) is 3. The molecule has 3 atom stereocenters. The van der Waals surface area contributed by atoms with Crippen molar-refractivity contribution in [1.29, 1.82) is 0 Å². The SMILES string of the molecule is CC(C)(C)c1ccc(C(=O)N[C@@H](CCCCN[C@H]2C[C@@H]2c2ccccc2)C(=O)NCc2ccccc2)cc1. The molecule has 38 heavy (non-hydrogen) atoms. The molecule has 2 amide bonds. The highest BCUT2D eigenvalue weighted by Gasteiger charge is 2.37. The summed E-state index contributed by atoms with van der Waals surface area (Å²) < 4.78 is 0. The van der Waals surface area contributed by atoms with Gasteiger partial charge in [-0.1, -0.05) is 93.6 Å². The first-order chi connectivity index (χ1) is 18.3. The van der Waals surface area contributed by atoms with Crippen LogP contribution in [0.4, 0.5) is 0 Å². The van der Waals surface area contributed by atoms with Gasteiger partial charge in [0.25, 0.3) is 5.91 Å². The molecule has 3 N–H and O–H groups in total. The van der Waals surface area contributed by atoms with E-state index >= 15 is 0 Å². The van der Waals surface area contributed by atoms with Crippen molar-refractivity contribution < 1.29 is 9.59 Å². The van der Waals surface area contributed by atoms with Crippen molar-refractivity contribution in [3.63, 3.8) is 0 Å². The summed E-state index contributed by atoms with van der Waals surface area (Å²) in [6, 6.07) is 28.1. The highest BCUT2D eigenvalue weighted by molar-refractivity contribution is 5.97. The van der Waals surface area contributed by atoms with Gasteiger partial charge in [0.15, 0.2) is 0 Å². The van der Waals surface area contributed by atoms with E-state index in [4.69, 9.17) is 0 Å². The lowest BCUT2D eigenvalue weighted by Gasteiger charge is -2.20. The zero-order chi connectivity index (χ0) is 27.0. The maximum Gasteiger partial charge on any atom is 0.251 e.